The predicted octanol–water partition coefficient (Wildman–Crippen LogP) is 3.28. The van der Waals surface area contributed by atoms with Crippen molar-refractivity contribution in [3.8, 4) is 11.1 Å². The van der Waals surface area contributed by atoms with Crippen molar-refractivity contribution in [2.75, 3.05) is 0 Å². The summed E-state index contributed by atoms with van der Waals surface area (Å²) in [5.41, 5.74) is 2.88. The average Bonchev–Trinajstić information content (AvgIpc) is 2.47. The van der Waals surface area contributed by atoms with Gasteiger partial charge in [0.15, 0.2) is 0 Å². The summed E-state index contributed by atoms with van der Waals surface area (Å²) in [4.78, 5) is 4.26. The van der Waals surface area contributed by atoms with Crippen molar-refractivity contribution < 1.29 is 8.76 Å². The van der Waals surface area contributed by atoms with Crippen LogP contribution in [-0.4, -0.2) is 13.7 Å². The molecule has 0 N–H and O–H groups in total. The first-order valence-electron chi connectivity index (χ1n) is 6.22. The van der Waals surface area contributed by atoms with Crippen molar-refractivity contribution in [3.63, 3.8) is 0 Å². The Bertz CT molecular complexity index is 764. The second-order valence-corrected chi connectivity index (χ2v) is 5.45. The Morgan fingerprint density at radius 2 is 1.75 bits per heavy atom. The van der Waals surface area contributed by atoms with Gasteiger partial charge in [-0.05, 0) is 16.5 Å². The standard InChI is InChI=1S/C16H13NO2S/c18-20(19)11-12-5-7-13(8-6-12)16-10-17-9-14-3-1-2-4-15(14)16/h1-10H,11H2,(H,18,19)/p-1. The van der Waals surface area contributed by atoms with Gasteiger partial charge in [-0.15, -0.1) is 0 Å². The maximum Gasteiger partial charge on any atom is 0.0353 e. The molecule has 1 heterocycles. The van der Waals surface area contributed by atoms with Crippen LogP contribution in [0.5, 0.6) is 0 Å². The van der Waals surface area contributed by atoms with E-state index in [0.717, 1.165) is 27.5 Å². The van der Waals surface area contributed by atoms with E-state index in [4.69, 9.17) is 0 Å². The highest BCUT2D eigenvalue weighted by atomic mass is 32.2. The second-order valence-electron chi connectivity index (χ2n) is 4.55. The summed E-state index contributed by atoms with van der Waals surface area (Å²) in [6.07, 6.45) is 3.68. The molecule has 3 rings (SSSR count). The molecule has 0 amide bonds. The minimum atomic E-state index is -2.05. The highest BCUT2D eigenvalue weighted by Gasteiger charge is 2.04. The fourth-order valence-corrected chi connectivity index (χ4v) is 2.73. The Balaban J connectivity index is 2.05. The number of benzene rings is 2. The molecule has 3 aromatic rings. The number of hydrogen-bond acceptors (Lipinski definition) is 3. The van der Waals surface area contributed by atoms with E-state index < -0.39 is 11.1 Å². The minimum absolute atomic E-state index is 0.0497. The third kappa shape index (κ3) is 2.61. The van der Waals surface area contributed by atoms with Crippen molar-refractivity contribution in [3.05, 3.63) is 66.5 Å². The fourth-order valence-electron chi connectivity index (χ4n) is 2.26. The number of fused-ring (bicyclic) bond motifs is 1. The van der Waals surface area contributed by atoms with Crippen LogP contribution < -0.4 is 0 Å². The van der Waals surface area contributed by atoms with Crippen LogP contribution in [0.2, 0.25) is 0 Å². The molecule has 100 valence electrons. The zero-order chi connectivity index (χ0) is 13.9. The summed E-state index contributed by atoms with van der Waals surface area (Å²) in [6.45, 7) is 0. The van der Waals surface area contributed by atoms with Crippen LogP contribution in [0.1, 0.15) is 5.56 Å². The number of nitrogens with zero attached hydrogens (tertiary/aromatic N) is 1. The highest BCUT2D eigenvalue weighted by molar-refractivity contribution is 7.78. The van der Waals surface area contributed by atoms with Gasteiger partial charge in [-0.1, -0.05) is 59.6 Å². The lowest BCUT2D eigenvalue weighted by Crippen LogP contribution is -1.93. The van der Waals surface area contributed by atoms with E-state index in [9.17, 15) is 8.76 Å². The lowest BCUT2D eigenvalue weighted by Gasteiger charge is -2.08. The van der Waals surface area contributed by atoms with Crippen molar-refractivity contribution in [1.29, 1.82) is 0 Å². The summed E-state index contributed by atoms with van der Waals surface area (Å²) in [5, 5.41) is 2.23. The topological polar surface area (TPSA) is 53.0 Å². The Labute approximate surface area is 119 Å². The lowest BCUT2D eigenvalue weighted by atomic mass is 10.0. The van der Waals surface area contributed by atoms with Crippen molar-refractivity contribution >= 4 is 21.9 Å². The summed E-state index contributed by atoms with van der Waals surface area (Å²) in [6, 6.07) is 15.6. The quantitative estimate of drug-likeness (QED) is 0.693. The monoisotopic (exact) mass is 282 g/mol. The number of aromatic nitrogens is 1. The highest BCUT2D eigenvalue weighted by Crippen LogP contribution is 2.27. The van der Waals surface area contributed by atoms with Crippen LogP contribution in [0, 0.1) is 0 Å². The zero-order valence-electron chi connectivity index (χ0n) is 10.7. The Hall–Kier alpha value is -2.04. The van der Waals surface area contributed by atoms with Gasteiger partial charge in [0.25, 0.3) is 0 Å². The molecule has 1 aromatic heterocycles. The molecule has 0 fully saturated rings. The molecule has 0 saturated heterocycles. The van der Waals surface area contributed by atoms with Crippen molar-refractivity contribution in [1.82, 2.24) is 4.98 Å². The van der Waals surface area contributed by atoms with Gasteiger partial charge in [0.2, 0.25) is 0 Å². The summed E-state index contributed by atoms with van der Waals surface area (Å²) in [7, 11) is 0. The summed E-state index contributed by atoms with van der Waals surface area (Å²) < 4.78 is 21.4. The van der Waals surface area contributed by atoms with Gasteiger partial charge in [-0.2, -0.15) is 0 Å². The molecule has 3 nitrogen and oxygen atoms in total. The molecule has 0 aliphatic carbocycles. The van der Waals surface area contributed by atoms with E-state index in [2.05, 4.69) is 11.1 Å². The van der Waals surface area contributed by atoms with E-state index in [1.807, 2.05) is 54.9 Å². The molecule has 0 radical (unpaired) electrons. The second kappa shape index (κ2) is 5.53. The van der Waals surface area contributed by atoms with Crippen LogP contribution in [0.3, 0.4) is 0 Å². The molecule has 0 aliphatic rings. The molecule has 1 unspecified atom stereocenters. The molecule has 0 bridgehead atoms. The van der Waals surface area contributed by atoms with Gasteiger partial charge in [-0.25, -0.2) is 0 Å². The zero-order valence-corrected chi connectivity index (χ0v) is 11.5. The minimum Gasteiger partial charge on any atom is -0.772 e. The molecule has 4 heteroatoms. The summed E-state index contributed by atoms with van der Waals surface area (Å²) >= 11 is -2.05. The maximum atomic E-state index is 10.7. The largest absolute Gasteiger partial charge is 0.772 e. The van der Waals surface area contributed by atoms with Crippen molar-refractivity contribution in [2.45, 2.75) is 5.75 Å². The third-order valence-corrected chi connectivity index (χ3v) is 3.79. The Morgan fingerprint density at radius 1 is 1.00 bits per heavy atom. The van der Waals surface area contributed by atoms with Crippen LogP contribution in [0.15, 0.2) is 60.9 Å². The van der Waals surface area contributed by atoms with Crippen LogP contribution in [0.4, 0.5) is 0 Å². The SMILES string of the molecule is O=S([O-])Cc1ccc(-c2cncc3ccccc23)cc1. The van der Waals surface area contributed by atoms with Gasteiger partial charge in [0.05, 0.1) is 0 Å². The average molecular weight is 282 g/mol. The molecule has 1 atom stereocenters. The lowest BCUT2D eigenvalue weighted by molar-refractivity contribution is 0.536. The molecule has 2 aromatic carbocycles. The maximum absolute atomic E-state index is 10.7. The molecular weight excluding hydrogens is 270 g/mol. The fraction of sp³-hybridized carbons (Fsp3) is 0.0625. The summed E-state index contributed by atoms with van der Waals surface area (Å²) in [5.74, 6) is 0.0497. The molecule has 0 saturated carbocycles. The molecule has 0 spiro atoms. The number of rotatable bonds is 3. The van der Waals surface area contributed by atoms with E-state index in [1.165, 1.54) is 0 Å². The first-order chi connectivity index (χ1) is 9.74. The van der Waals surface area contributed by atoms with Crippen molar-refractivity contribution in [2.24, 2.45) is 0 Å². The molecular formula is C16H12NO2S-. The predicted molar refractivity (Wildman–Crippen MR) is 79.8 cm³/mol. The third-order valence-electron chi connectivity index (χ3n) is 3.22. The Morgan fingerprint density at radius 3 is 2.50 bits per heavy atom. The van der Waals surface area contributed by atoms with Crippen LogP contribution in [-0.2, 0) is 16.8 Å². The van der Waals surface area contributed by atoms with E-state index >= 15 is 0 Å². The van der Waals surface area contributed by atoms with Gasteiger partial charge in [0, 0.05) is 29.1 Å². The number of pyridine rings is 1. The normalized spacial score (nSPS) is 12.4. The van der Waals surface area contributed by atoms with Gasteiger partial charge in [0.1, 0.15) is 0 Å². The van der Waals surface area contributed by atoms with E-state index in [0.29, 0.717) is 0 Å². The van der Waals surface area contributed by atoms with Gasteiger partial charge < -0.3 is 4.55 Å². The Kier molecular flexibility index (Phi) is 3.58. The smallest absolute Gasteiger partial charge is 0.0353 e. The van der Waals surface area contributed by atoms with Crippen LogP contribution in [0.25, 0.3) is 21.9 Å². The first-order valence-corrected chi connectivity index (χ1v) is 7.46. The van der Waals surface area contributed by atoms with Gasteiger partial charge in [-0.3, -0.25) is 9.19 Å². The first kappa shape index (κ1) is 13.0. The van der Waals surface area contributed by atoms with E-state index in [1.54, 1.807) is 0 Å². The van der Waals surface area contributed by atoms with Gasteiger partial charge >= 0.3 is 0 Å². The van der Waals surface area contributed by atoms with Crippen LogP contribution >= 0.6 is 0 Å². The molecule has 20 heavy (non-hydrogen) atoms. The van der Waals surface area contributed by atoms with E-state index in [-0.39, 0.29) is 5.75 Å². The molecule has 0 aliphatic heterocycles. The number of hydrogen-bond donors (Lipinski definition) is 0.